The number of benzene rings is 2. The van der Waals surface area contributed by atoms with Gasteiger partial charge in [-0.2, -0.15) is 0 Å². The third kappa shape index (κ3) is 6.17. The first-order valence-corrected chi connectivity index (χ1v) is 9.24. The number of nitro groups is 1. The van der Waals surface area contributed by atoms with Gasteiger partial charge in [-0.1, -0.05) is 23.7 Å². The Bertz CT molecular complexity index is 966. The van der Waals surface area contributed by atoms with Crippen LogP contribution in [0.3, 0.4) is 0 Å². The predicted octanol–water partition coefficient (Wildman–Crippen LogP) is 2.98. The van der Waals surface area contributed by atoms with Crippen LogP contribution in [0.25, 0.3) is 0 Å². The maximum Gasteiger partial charge on any atom is 0.407 e. The van der Waals surface area contributed by atoms with E-state index in [0.717, 1.165) is 12.1 Å². The molecule has 0 spiro atoms. The van der Waals surface area contributed by atoms with E-state index < -0.39 is 22.8 Å². The molecule has 0 heterocycles. The highest BCUT2D eigenvalue weighted by Crippen LogP contribution is 2.24. The Hall–Kier alpha value is -3.66. The van der Waals surface area contributed by atoms with E-state index >= 15 is 0 Å². The van der Waals surface area contributed by atoms with E-state index in [1.165, 1.54) is 18.2 Å². The molecule has 3 amide bonds. The first-order chi connectivity index (χ1) is 14.3. The summed E-state index contributed by atoms with van der Waals surface area (Å²) in [7, 11) is 0. The van der Waals surface area contributed by atoms with Gasteiger partial charge in [-0.05, 0) is 25.1 Å². The number of nitro benzene ring substituents is 1. The van der Waals surface area contributed by atoms with Crippen molar-refractivity contribution in [2.45, 2.75) is 6.92 Å². The molecule has 2 rings (SSSR count). The van der Waals surface area contributed by atoms with Gasteiger partial charge < -0.3 is 20.7 Å². The average molecular weight is 435 g/mol. The number of hydrogen-bond donors (Lipinski definition) is 3. The number of anilines is 1. The zero-order valence-corrected chi connectivity index (χ0v) is 16.7. The number of nitrogens with zero attached hydrogens (tertiary/aromatic N) is 1. The topological polar surface area (TPSA) is 140 Å². The van der Waals surface area contributed by atoms with E-state index in [9.17, 15) is 24.5 Å². The second-order valence-corrected chi connectivity index (χ2v) is 6.23. The number of para-hydroxylation sites is 1. The summed E-state index contributed by atoms with van der Waals surface area (Å²) in [5, 5.41) is 18.4. The first-order valence-electron chi connectivity index (χ1n) is 8.86. The van der Waals surface area contributed by atoms with Crippen LogP contribution in [0.5, 0.6) is 0 Å². The van der Waals surface area contributed by atoms with Gasteiger partial charge >= 0.3 is 6.09 Å². The number of nitrogens with one attached hydrogen (secondary N) is 3. The van der Waals surface area contributed by atoms with Crippen LogP contribution in [-0.2, 0) is 4.74 Å². The molecule has 158 valence electrons. The molecule has 0 aliphatic heterocycles. The minimum Gasteiger partial charge on any atom is -0.450 e. The van der Waals surface area contributed by atoms with Crippen LogP contribution in [0.1, 0.15) is 27.6 Å². The van der Waals surface area contributed by atoms with Crippen LogP contribution in [0, 0.1) is 10.1 Å². The highest BCUT2D eigenvalue weighted by molar-refractivity contribution is 6.34. The summed E-state index contributed by atoms with van der Waals surface area (Å²) in [5.41, 5.74) is 0.205. The number of alkyl carbamates (subject to hydrolysis) is 1. The summed E-state index contributed by atoms with van der Waals surface area (Å²) in [4.78, 5) is 46.3. The number of carbonyl (C=O) groups excluding carboxylic acids is 3. The van der Waals surface area contributed by atoms with Crippen molar-refractivity contribution < 1.29 is 24.0 Å². The van der Waals surface area contributed by atoms with Gasteiger partial charge in [0.15, 0.2) is 0 Å². The van der Waals surface area contributed by atoms with Gasteiger partial charge in [0, 0.05) is 25.2 Å². The number of carbonyl (C=O) groups is 3. The van der Waals surface area contributed by atoms with Crippen molar-refractivity contribution in [3.05, 3.63) is 68.7 Å². The number of amides is 3. The second-order valence-electron chi connectivity index (χ2n) is 5.82. The number of rotatable bonds is 8. The number of non-ortho nitro benzene ring substituents is 1. The Balaban J connectivity index is 2.04. The van der Waals surface area contributed by atoms with Gasteiger partial charge in [-0.25, -0.2) is 4.79 Å². The van der Waals surface area contributed by atoms with Crippen molar-refractivity contribution in [3.8, 4) is 0 Å². The first kappa shape index (κ1) is 22.6. The van der Waals surface area contributed by atoms with Crippen molar-refractivity contribution in [1.29, 1.82) is 0 Å². The fraction of sp³-hybridized carbons (Fsp3) is 0.211. The van der Waals surface area contributed by atoms with Crippen molar-refractivity contribution >= 4 is 40.9 Å². The zero-order chi connectivity index (χ0) is 22.1. The van der Waals surface area contributed by atoms with Crippen LogP contribution < -0.4 is 16.0 Å². The van der Waals surface area contributed by atoms with Gasteiger partial charge in [-0.15, -0.1) is 0 Å². The molecule has 10 nitrogen and oxygen atoms in total. The van der Waals surface area contributed by atoms with E-state index in [1.807, 2.05) is 0 Å². The molecule has 0 bridgehead atoms. The third-order valence-corrected chi connectivity index (χ3v) is 4.10. The fourth-order valence-electron chi connectivity index (χ4n) is 2.40. The van der Waals surface area contributed by atoms with E-state index in [4.69, 9.17) is 16.3 Å². The van der Waals surface area contributed by atoms with Crippen molar-refractivity contribution in [2.75, 3.05) is 25.0 Å². The normalized spacial score (nSPS) is 10.1. The summed E-state index contributed by atoms with van der Waals surface area (Å²) < 4.78 is 4.71. The van der Waals surface area contributed by atoms with Gasteiger partial charge in [0.25, 0.3) is 17.5 Å². The fourth-order valence-corrected chi connectivity index (χ4v) is 2.66. The van der Waals surface area contributed by atoms with E-state index in [2.05, 4.69) is 16.0 Å². The Labute approximate surface area is 176 Å². The summed E-state index contributed by atoms with van der Waals surface area (Å²) in [6, 6.07) is 9.78. The van der Waals surface area contributed by atoms with E-state index in [-0.39, 0.29) is 47.2 Å². The largest absolute Gasteiger partial charge is 0.450 e. The number of halogens is 1. The Morgan fingerprint density at radius 1 is 1.03 bits per heavy atom. The van der Waals surface area contributed by atoms with Crippen LogP contribution in [0.15, 0.2) is 42.5 Å². The highest BCUT2D eigenvalue weighted by Gasteiger charge is 2.18. The highest BCUT2D eigenvalue weighted by atomic mass is 35.5. The van der Waals surface area contributed by atoms with E-state index in [0.29, 0.717) is 0 Å². The molecular weight excluding hydrogens is 416 g/mol. The van der Waals surface area contributed by atoms with Crippen LogP contribution in [-0.4, -0.2) is 42.5 Å². The molecule has 0 fully saturated rings. The lowest BCUT2D eigenvalue weighted by Gasteiger charge is -2.12. The maximum atomic E-state index is 12.5. The van der Waals surface area contributed by atoms with Gasteiger partial charge in [0.05, 0.1) is 33.4 Å². The molecule has 2 aromatic carbocycles. The molecule has 0 aliphatic carbocycles. The predicted molar refractivity (Wildman–Crippen MR) is 110 cm³/mol. The van der Waals surface area contributed by atoms with Crippen LogP contribution >= 0.6 is 11.6 Å². The van der Waals surface area contributed by atoms with Gasteiger partial charge in [0.1, 0.15) is 0 Å². The van der Waals surface area contributed by atoms with Gasteiger partial charge in [-0.3, -0.25) is 19.7 Å². The van der Waals surface area contributed by atoms with Gasteiger partial charge in [0.2, 0.25) is 0 Å². The summed E-state index contributed by atoms with van der Waals surface area (Å²) >= 11 is 5.98. The Morgan fingerprint density at radius 3 is 2.40 bits per heavy atom. The maximum absolute atomic E-state index is 12.5. The molecule has 0 aliphatic rings. The lowest BCUT2D eigenvalue weighted by atomic mass is 10.1. The molecule has 0 atom stereocenters. The number of hydrogen-bond acceptors (Lipinski definition) is 6. The number of ether oxygens (including phenoxy) is 1. The monoisotopic (exact) mass is 434 g/mol. The zero-order valence-electron chi connectivity index (χ0n) is 15.9. The summed E-state index contributed by atoms with van der Waals surface area (Å²) in [6.45, 7) is 2.23. The molecule has 0 unspecified atom stereocenters. The average Bonchev–Trinajstić information content (AvgIpc) is 2.71. The molecular formula is C19H19ClN4O6. The third-order valence-electron chi connectivity index (χ3n) is 3.78. The molecule has 0 saturated heterocycles. The lowest BCUT2D eigenvalue weighted by molar-refractivity contribution is -0.384. The summed E-state index contributed by atoms with van der Waals surface area (Å²) in [5.74, 6) is -1.09. The molecule has 3 N–H and O–H groups in total. The van der Waals surface area contributed by atoms with Crippen molar-refractivity contribution in [2.24, 2.45) is 0 Å². The minimum absolute atomic E-state index is 0.0242. The minimum atomic E-state index is -0.626. The standard InChI is InChI=1S/C19H19ClN4O6/c1-2-30-19(27)22-10-9-21-17(25)14-5-3-4-6-16(14)23-18(26)13-8-7-12(24(28)29)11-15(13)20/h3-8,11H,2,9-10H2,1H3,(H,21,25)(H,22,27)(H,23,26). The van der Waals surface area contributed by atoms with Crippen LogP contribution in [0.2, 0.25) is 5.02 Å². The smallest absolute Gasteiger partial charge is 0.407 e. The quantitative estimate of drug-likeness (QED) is 0.331. The molecule has 0 saturated carbocycles. The Kier molecular flexibility index (Phi) is 8.12. The van der Waals surface area contributed by atoms with E-state index in [1.54, 1.807) is 19.1 Å². The Morgan fingerprint density at radius 2 is 1.73 bits per heavy atom. The second kappa shape index (κ2) is 10.8. The summed E-state index contributed by atoms with van der Waals surface area (Å²) in [6.07, 6.45) is -0.584. The molecule has 11 heteroatoms. The molecule has 0 aromatic heterocycles. The molecule has 30 heavy (non-hydrogen) atoms. The van der Waals surface area contributed by atoms with Crippen molar-refractivity contribution in [3.63, 3.8) is 0 Å². The molecule has 0 radical (unpaired) electrons. The molecule has 2 aromatic rings. The lowest BCUT2D eigenvalue weighted by Crippen LogP contribution is -2.35. The SMILES string of the molecule is CCOC(=O)NCCNC(=O)c1ccccc1NC(=O)c1ccc([N+](=O)[O-])cc1Cl. The van der Waals surface area contributed by atoms with Crippen LogP contribution in [0.4, 0.5) is 16.2 Å². The van der Waals surface area contributed by atoms with Crippen molar-refractivity contribution in [1.82, 2.24) is 10.6 Å².